The molecular formula is C11H15N3O3. The Bertz CT molecular complexity index is 410. The van der Waals surface area contributed by atoms with Crippen molar-refractivity contribution in [3.05, 3.63) is 18.2 Å². The van der Waals surface area contributed by atoms with E-state index < -0.39 is 5.97 Å². The van der Waals surface area contributed by atoms with Crippen LogP contribution in [-0.4, -0.2) is 33.5 Å². The van der Waals surface area contributed by atoms with E-state index in [2.05, 4.69) is 15.3 Å². The van der Waals surface area contributed by atoms with Crippen molar-refractivity contribution in [2.75, 3.05) is 6.54 Å². The van der Waals surface area contributed by atoms with Crippen LogP contribution in [0.1, 0.15) is 36.2 Å². The fourth-order valence-corrected chi connectivity index (χ4v) is 2.16. The summed E-state index contributed by atoms with van der Waals surface area (Å²) in [6, 6.07) is 0. The third-order valence-electron chi connectivity index (χ3n) is 3.31. The average Bonchev–Trinajstić information content (AvgIpc) is 2.74. The summed E-state index contributed by atoms with van der Waals surface area (Å²) in [7, 11) is 0. The van der Waals surface area contributed by atoms with Crippen molar-refractivity contribution >= 4 is 11.9 Å². The first-order valence-electron chi connectivity index (χ1n) is 5.60. The Morgan fingerprint density at radius 1 is 1.53 bits per heavy atom. The van der Waals surface area contributed by atoms with E-state index in [1.165, 1.54) is 12.5 Å². The van der Waals surface area contributed by atoms with Crippen LogP contribution in [0.4, 0.5) is 0 Å². The molecule has 92 valence electrons. The molecule has 1 aromatic heterocycles. The normalized spacial score (nSPS) is 17.2. The standard InChI is InChI=1S/C11H15N3O3/c15-9(16)4-11(2-1-3-11)6-13-10(17)8-5-12-7-14-8/h5,7H,1-4,6H2,(H,12,14)(H,13,17)(H,15,16). The molecule has 1 aliphatic rings. The van der Waals surface area contributed by atoms with Crippen LogP contribution in [0.2, 0.25) is 0 Å². The van der Waals surface area contributed by atoms with Gasteiger partial charge in [0.05, 0.1) is 18.9 Å². The van der Waals surface area contributed by atoms with Crippen LogP contribution in [0, 0.1) is 5.41 Å². The Hall–Kier alpha value is -1.85. The number of carboxylic acid groups (broad SMARTS) is 1. The molecule has 6 heteroatoms. The van der Waals surface area contributed by atoms with Gasteiger partial charge in [0.15, 0.2) is 0 Å². The molecule has 0 spiro atoms. The van der Waals surface area contributed by atoms with Gasteiger partial charge in [-0.05, 0) is 18.3 Å². The molecule has 1 aliphatic carbocycles. The molecule has 6 nitrogen and oxygen atoms in total. The Balaban J connectivity index is 1.88. The van der Waals surface area contributed by atoms with Crippen molar-refractivity contribution in [3.63, 3.8) is 0 Å². The number of rotatable bonds is 5. The quantitative estimate of drug-likeness (QED) is 0.705. The molecule has 0 unspecified atom stereocenters. The Kier molecular flexibility index (Phi) is 3.12. The van der Waals surface area contributed by atoms with Crippen molar-refractivity contribution in [3.8, 4) is 0 Å². The van der Waals surface area contributed by atoms with Gasteiger partial charge in [0, 0.05) is 6.54 Å². The minimum Gasteiger partial charge on any atom is -0.481 e. The van der Waals surface area contributed by atoms with Crippen LogP contribution in [0.15, 0.2) is 12.5 Å². The Labute approximate surface area is 98.4 Å². The maximum atomic E-state index is 11.6. The predicted molar refractivity (Wildman–Crippen MR) is 59.5 cm³/mol. The number of hydrogen-bond acceptors (Lipinski definition) is 3. The fourth-order valence-electron chi connectivity index (χ4n) is 2.16. The van der Waals surface area contributed by atoms with E-state index in [4.69, 9.17) is 5.11 Å². The van der Waals surface area contributed by atoms with Crippen molar-refractivity contribution in [2.45, 2.75) is 25.7 Å². The number of aromatic nitrogens is 2. The summed E-state index contributed by atoms with van der Waals surface area (Å²) >= 11 is 0. The van der Waals surface area contributed by atoms with E-state index in [1.54, 1.807) is 0 Å². The van der Waals surface area contributed by atoms with Crippen LogP contribution in [0.5, 0.6) is 0 Å². The van der Waals surface area contributed by atoms with E-state index in [9.17, 15) is 9.59 Å². The third kappa shape index (κ3) is 2.64. The highest BCUT2D eigenvalue weighted by Gasteiger charge is 2.39. The lowest BCUT2D eigenvalue weighted by Gasteiger charge is -2.40. The molecule has 0 aromatic carbocycles. The van der Waals surface area contributed by atoms with E-state index in [0.29, 0.717) is 12.2 Å². The van der Waals surface area contributed by atoms with Gasteiger partial charge in [-0.25, -0.2) is 4.98 Å². The SMILES string of the molecule is O=C(O)CC1(CNC(=O)c2cnc[nH]2)CCC1. The molecule has 0 aliphatic heterocycles. The first-order chi connectivity index (χ1) is 8.11. The Morgan fingerprint density at radius 3 is 2.76 bits per heavy atom. The summed E-state index contributed by atoms with van der Waals surface area (Å²) in [6.45, 7) is 0.414. The fraction of sp³-hybridized carbons (Fsp3) is 0.545. The maximum absolute atomic E-state index is 11.6. The zero-order valence-electron chi connectivity index (χ0n) is 9.40. The number of aliphatic carboxylic acids is 1. The molecule has 1 amide bonds. The second-order valence-electron chi connectivity index (χ2n) is 4.57. The molecule has 0 atom stereocenters. The molecule has 1 aromatic rings. The first-order valence-corrected chi connectivity index (χ1v) is 5.60. The molecule has 0 radical (unpaired) electrons. The molecular weight excluding hydrogens is 222 g/mol. The summed E-state index contributed by atoms with van der Waals surface area (Å²) in [4.78, 5) is 28.9. The number of carbonyl (C=O) groups is 2. The van der Waals surface area contributed by atoms with Crippen molar-refractivity contribution < 1.29 is 14.7 Å². The zero-order valence-corrected chi connectivity index (χ0v) is 9.40. The van der Waals surface area contributed by atoms with Gasteiger partial charge in [0.2, 0.25) is 0 Å². The monoisotopic (exact) mass is 237 g/mol. The molecule has 3 N–H and O–H groups in total. The number of H-pyrrole nitrogens is 1. The van der Waals surface area contributed by atoms with E-state index in [-0.39, 0.29) is 17.7 Å². The summed E-state index contributed by atoms with van der Waals surface area (Å²) in [5, 5.41) is 11.6. The number of amides is 1. The molecule has 17 heavy (non-hydrogen) atoms. The predicted octanol–water partition coefficient (Wildman–Crippen LogP) is 0.784. The van der Waals surface area contributed by atoms with E-state index in [0.717, 1.165) is 19.3 Å². The molecule has 0 bridgehead atoms. The van der Waals surface area contributed by atoms with Gasteiger partial charge in [-0.15, -0.1) is 0 Å². The number of imidazole rings is 1. The van der Waals surface area contributed by atoms with E-state index >= 15 is 0 Å². The number of carbonyl (C=O) groups excluding carboxylic acids is 1. The van der Waals surface area contributed by atoms with Gasteiger partial charge in [0.1, 0.15) is 5.69 Å². The number of nitrogens with zero attached hydrogens (tertiary/aromatic N) is 1. The molecule has 2 rings (SSSR count). The lowest BCUT2D eigenvalue weighted by atomic mass is 9.66. The number of hydrogen-bond donors (Lipinski definition) is 3. The second-order valence-corrected chi connectivity index (χ2v) is 4.57. The highest BCUT2D eigenvalue weighted by molar-refractivity contribution is 5.92. The molecule has 0 saturated heterocycles. The van der Waals surface area contributed by atoms with Crippen molar-refractivity contribution in [1.82, 2.24) is 15.3 Å². The number of aromatic amines is 1. The second kappa shape index (κ2) is 4.57. The lowest BCUT2D eigenvalue weighted by Crippen LogP contribution is -2.43. The largest absolute Gasteiger partial charge is 0.481 e. The smallest absolute Gasteiger partial charge is 0.303 e. The van der Waals surface area contributed by atoms with Gasteiger partial charge in [-0.2, -0.15) is 0 Å². The van der Waals surface area contributed by atoms with Gasteiger partial charge in [-0.1, -0.05) is 6.42 Å². The van der Waals surface area contributed by atoms with Crippen molar-refractivity contribution in [2.24, 2.45) is 5.41 Å². The topological polar surface area (TPSA) is 95.1 Å². The maximum Gasteiger partial charge on any atom is 0.303 e. The number of nitrogens with one attached hydrogen (secondary N) is 2. The van der Waals surface area contributed by atoms with Crippen LogP contribution in [-0.2, 0) is 4.79 Å². The van der Waals surface area contributed by atoms with Crippen LogP contribution < -0.4 is 5.32 Å². The zero-order chi connectivity index (χ0) is 12.3. The summed E-state index contributed by atoms with van der Waals surface area (Å²) < 4.78 is 0. The average molecular weight is 237 g/mol. The highest BCUT2D eigenvalue weighted by atomic mass is 16.4. The van der Waals surface area contributed by atoms with Crippen LogP contribution >= 0.6 is 0 Å². The third-order valence-corrected chi connectivity index (χ3v) is 3.31. The summed E-state index contributed by atoms with van der Waals surface area (Å²) in [5.74, 6) is -1.04. The molecule has 1 saturated carbocycles. The highest BCUT2D eigenvalue weighted by Crippen LogP contribution is 2.43. The lowest BCUT2D eigenvalue weighted by molar-refractivity contribution is -0.141. The van der Waals surface area contributed by atoms with Gasteiger partial charge < -0.3 is 15.4 Å². The van der Waals surface area contributed by atoms with Gasteiger partial charge >= 0.3 is 5.97 Å². The number of carboxylic acids is 1. The summed E-state index contributed by atoms with van der Waals surface area (Å²) in [6.07, 6.45) is 5.76. The minimum absolute atomic E-state index is 0.121. The Morgan fingerprint density at radius 2 is 2.29 bits per heavy atom. The van der Waals surface area contributed by atoms with Crippen LogP contribution in [0.3, 0.4) is 0 Å². The molecule has 1 heterocycles. The van der Waals surface area contributed by atoms with Gasteiger partial charge in [-0.3, -0.25) is 9.59 Å². The van der Waals surface area contributed by atoms with Crippen molar-refractivity contribution in [1.29, 1.82) is 0 Å². The first kappa shape index (κ1) is 11.6. The van der Waals surface area contributed by atoms with Crippen LogP contribution in [0.25, 0.3) is 0 Å². The van der Waals surface area contributed by atoms with E-state index in [1.807, 2.05) is 0 Å². The molecule has 1 fully saturated rings. The minimum atomic E-state index is -0.805. The van der Waals surface area contributed by atoms with Gasteiger partial charge in [0.25, 0.3) is 5.91 Å². The summed E-state index contributed by atoms with van der Waals surface area (Å²) in [5.41, 5.74) is 0.149.